The minimum atomic E-state index is -4.83. The Labute approximate surface area is 183 Å². The molecule has 0 N–H and O–H groups in total. The minimum Gasteiger partial charge on any atom is -0.443 e. The standard InChI is InChI=1S/C19H14ClF3N4O5/c20-14-5-12(2-4-16(14)32-19(21,22)23)15-3-1-11(6-24-15)9-30-13-7-26-8-17(27(28)29)25-18(26)31-10-13/h1-6,8,13H,7,9-10H2/t13-/m0/s1. The molecule has 0 unspecified atom stereocenters. The molecule has 9 nitrogen and oxygen atoms in total. The maximum atomic E-state index is 12.4. The predicted molar refractivity (Wildman–Crippen MR) is 104 cm³/mol. The lowest BCUT2D eigenvalue weighted by Crippen LogP contribution is -2.32. The minimum absolute atomic E-state index is 0.174. The van der Waals surface area contributed by atoms with Gasteiger partial charge in [0.15, 0.2) is 0 Å². The number of hydrogen-bond donors (Lipinski definition) is 0. The van der Waals surface area contributed by atoms with Crippen LogP contribution in [0, 0.1) is 10.1 Å². The molecule has 0 saturated heterocycles. The molecule has 4 rings (SSSR count). The molecule has 2 aromatic heterocycles. The quantitative estimate of drug-likeness (QED) is 0.389. The van der Waals surface area contributed by atoms with Gasteiger partial charge in [0.2, 0.25) is 0 Å². The highest BCUT2D eigenvalue weighted by atomic mass is 35.5. The molecular weight excluding hydrogens is 457 g/mol. The maximum absolute atomic E-state index is 12.4. The number of ether oxygens (including phenoxy) is 3. The van der Waals surface area contributed by atoms with E-state index in [1.807, 2.05) is 0 Å². The zero-order valence-corrected chi connectivity index (χ0v) is 16.8. The number of nitrogens with zero attached hydrogens (tertiary/aromatic N) is 4. The highest BCUT2D eigenvalue weighted by Gasteiger charge is 2.32. The number of alkyl halides is 3. The second-order valence-electron chi connectivity index (χ2n) is 6.78. The first-order chi connectivity index (χ1) is 15.2. The summed E-state index contributed by atoms with van der Waals surface area (Å²) in [6.07, 6.45) is -2.31. The van der Waals surface area contributed by atoms with Gasteiger partial charge in [0, 0.05) is 16.7 Å². The van der Waals surface area contributed by atoms with Crippen LogP contribution >= 0.6 is 11.6 Å². The number of halogens is 4. The SMILES string of the molecule is O=[N+]([O-])c1cn2c(n1)OC[C@@H](OCc1ccc(-c3ccc(OC(F)(F)F)c(Cl)c3)nc1)C2. The molecule has 3 aromatic rings. The lowest BCUT2D eigenvalue weighted by Gasteiger charge is -2.22. The third-order valence-corrected chi connectivity index (χ3v) is 4.77. The molecular formula is C19H14ClF3N4O5. The van der Waals surface area contributed by atoms with Gasteiger partial charge in [-0.05, 0) is 34.8 Å². The van der Waals surface area contributed by atoms with Gasteiger partial charge in [-0.3, -0.25) is 9.55 Å². The zero-order valence-electron chi connectivity index (χ0n) is 16.1. The normalized spacial score (nSPS) is 15.7. The molecule has 1 aromatic carbocycles. The van der Waals surface area contributed by atoms with E-state index in [-0.39, 0.29) is 36.2 Å². The monoisotopic (exact) mass is 470 g/mol. The van der Waals surface area contributed by atoms with Crippen LogP contribution in [0.1, 0.15) is 5.56 Å². The number of imidazole rings is 1. The largest absolute Gasteiger partial charge is 0.573 e. The van der Waals surface area contributed by atoms with E-state index in [1.54, 1.807) is 18.3 Å². The van der Waals surface area contributed by atoms with Crippen LogP contribution in [-0.2, 0) is 17.9 Å². The topological polar surface area (TPSA) is 102 Å². The van der Waals surface area contributed by atoms with Gasteiger partial charge in [-0.1, -0.05) is 17.7 Å². The number of benzene rings is 1. The van der Waals surface area contributed by atoms with Crippen molar-refractivity contribution in [2.24, 2.45) is 0 Å². The van der Waals surface area contributed by atoms with Crippen LogP contribution in [0.2, 0.25) is 5.02 Å². The van der Waals surface area contributed by atoms with Gasteiger partial charge in [-0.15, -0.1) is 13.2 Å². The van der Waals surface area contributed by atoms with Gasteiger partial charge in [0.25, 0.3) is 0 Å². The summed E-state index contributed by atoms with van der Waals surface area (Å²) in [6, 6.07) is 7.50. The Morgan fingerprint density at radius 1 is 1.31 bits per heavy atom. The highest BCUT2D eigenvalue weighted by molar-refractivity contribution is 6.32. The molecule has 3 heterocycles. The average molecular weight is 471 g/mol. The number of pyridine rings is 1. The number of fused-ring (bicyclic) bond motifs is 1. The molecule has 1 aliphatic rings. The van der Waals surface area contributed by atoms with Gasteiger partial charge >= 0.3 is 18.2 Å². The Bertz CT molecular complexity index is 1140. The van der Waals surface area contributed by atoms with Crippen molar-refractivity contribution >= 4 is 17.4 Å². The summed E-state index contributed by atoms with van der Waals surface area (Å²) in [4.78, 5) is 18.3. The van der Waals surface area contributed by atoms with Crippen molar-refractivity contribution in [2.45, 2.75) is 25.6 Å². The van der Waals surface area contributed by atoms with Gasteiger partial charge in [-0.25, -0.2) is 0 Å². The summed E-state index contributed by atoms with van der Waals surface area (Å²) in [5.41, 5.74) is 1.77. The first-order valence-corrected chi connectivity index (χ1v) is 9.52. The number of hydrogen-bond acceptors (Lipinski definition) is 7. The fourth-order valence-electron chi connectivity index (χ4n) is 3.02. The van der Waals surface area contributed by atoms with E-state index in [2.05, 4.69) is 14.7 Å². The number of rotatable bonds is 6. The fourth-order valence-corrected chi connectivity index (χ4v) is 3.24. The molecule has 1 aliphatic heterocycles. The van der Waals surface area contributed by atoms with Crippen LogP contribution in [0.3, 0.4) is 0 Å². The van der Waals surface area contributed by atoms with E-state index in [0.717, 1.165) is 11.6 Å². The van der Waals surface area contributed by atoms with E-state index < -0.39 is 17.0 Å². The zero-order chi connectivity index (χ0) is 22.9. The molecule has 0 radical (unpaired) electrons. The van der Waals surface area contributed by atoms with Crippen molar-refractivity contribution < 1.29 is 32.3 Å². The van der Waals surface area contributed by atoms with Crippen molar-refractivity contribution in [1.29, 1.82) is 0 Å². The molecule has 0 aliphatic carbocycles. The number of aromatic nitrogens is 3. The lowest BCUT2D eigenvalue weighted by molar-refractivity contribution is -0.389. The Balaban J connectivity index is 1.36. The van der Waals surface area contributed by atoms with Crippen LogP contribution < -0.4 is 9.47 Å². The first-order valence-electron chi connectivity index (χ1n) is 9.14. The van der Waals surface area contributed by atoms with Crippen molar-refractivity contribution in [2.75, 3.05) is 6.61 Å². The van der Waals surface area contributed by atoms with Crippen LogP contribution in [-0.4, -0.2) is 38.5 Å². The summed E-state index contributed by atoms with van der Waals surface area (Å²) in [6.45, 7) is 0.767. The van der Waals surface area contributed by atoms with E-state index in [0.29, 0.717) is 17.8 Å². The molecule has 0 saturated carbocycles. The molecule has 0 spiro atoms. The van der Waals surface area contributed by atoms with E-state index in [9.17, 15) is 23.3 Å². The smallest absolute Gasteiger partial charge is 0.443 e. The van der Waals surface area contributed by atoms with E-state index in [4.69, 9.17) is 21.1 Å². The third kappa shape index (κ3) is 5.08. The Kier molecular flexibility index (Phi) is 5.89. The first kappa shape index (κ1) is 21.8. The summed E-state index contributed by atoms with van der Waals surface area (Å²) >= 11 is 5.88. The van der Waals surface area contributed by atoms with Crippen molar-refractivity contribution in [3.63, 3.8) is 0 Å². The third-order valence-electron chi connectivity index (χ3n) is 4.48. The van der Waals surface area contributed by atoms with Crippen LogP contribution in [0.15, 0.2) is 42.7 Å². The van der Waals surface area contributed by atoms with Crippen LogP contribution in [0.5, 0.6) is 11.8 Å². The summed E-state index contributed by atoms with van der Waals surface area (Å²) < 4.78 is 53.6. The van der Waals surface area contributed by atoms with Crippen molar-refractivity contribution in [3.8, 4) is 23.0 Å². The molecule has 168 valence electrons. The molecule has 0 fully saturated rings. The Morgan fingerprint density at radius 2 is 2.12 bits per heavy atom. The van der Waals surface area contributed by atoms with Gasteiger partial charge in [0.05, 0.1) is 23.9 Å². The molecule has 0 amide bonds. The molecule has 1 atom stereocenters. The Morgan fingerprint density at radius 3 is 2.78 bits per heavy atom. The molecule has 32 heavy (non-hydrogen) atoms. The highest BCUT2D eigenvalue weighted by Crippen LogP contribution is 2.33. The maximum Gasteiger partial charge on any atom is 0.573 e. The second kappa shape index (κ2) is 8.63. The lowest BCUT2D eigenvalue weighted by atomic mass is 10.1. The van der Waals surface area contributed by atoms with Gasteiger partial charge < -0.3 is 24.3 Å². The predicted octanol–water partition coefficient (Wildman–Crippen LogP) is 4.38. The van der Waals surface area contributed by atoms with Crippen molar-refractivity contribution in [1.82, 2.24) is 14.5 Å². The van der Waals surface area contributed by atoms with Crippen LogP contribution in [0.4, 0.5) is 19.0 Å². The summed E-state index contributed by atoms with van der Waals surface area (Å²) in [7, 11) is 0. The molecule has 0 bridgehead atoms. The van der Waals surface area contributed by atoms with Gasteiger partial charge in [-0.2, -0.15) is 0 Å². The Hall–Kier alpha value is -3.38. The van der Waals surface area contributed by atoms with Crippen LogP contribution in [0.25, 0.3) is 11.3 Å². The number of nitro groups is 1. The van der Waals surface area contributed by atoms with Crippen molar-refractivity contribution in [3.05, 3.63) is 63.4 Å². The summed E-state index contributed by atoms with van der Waals surface area (Å²) in [5.74, 6) is -0.785. The van der Waals surface area contributed by atoms with E-state index in [1.165, 1.54) is 22.9 Å². The second-order valence-corrected chi connectivity index (χ2v) is 7.19. The van der Waals surface area contributed by atoms with E-state index >= 15 is 0 Å². The fraction of sp³-hybridized carbons (Fsp3) is 0.263. The summed E-state index contributed by atoms with van der Waals surface area (Å²) in [5, 5.41) is 10.6. The average Bonchev–Trinajstić information content (AvgIpc) is 3.17. The van der Waals surface area contributed by atoms with Gasteiger partial charge in [0.1, 0.15) is 24.7 Å². The molecule has 13 heteroatoms.